The fourth-order valence-corrected chi connectivity index (χ4v) is 1.87. The molecule has 0 amide bonds. The van der Waals surface area contributed by atoms with Gasteiger partial charge < -0.3 is 15.4 Å². The minimum atomic E-state index is -0.306. The van der Waals surface area contributed by atoms with Crippen LogP contribution in [0.15, 0.2) is 18.5 Å². The number of nitrogen functional groups attached to an aromatic ring is 1. The van der Waals surface area contributed by atoms with Crippen LogP contribution in [0.5, 0.6) is 0 Å². The van der Waals surface area contributed by atoms with Crippen molar-refractivity contribution in [3.8, 4) is 0 Å². The van der Waals surface area contributed by atoms with E-state index in [0.717, 1.165) is 18.5 Å². The molecule has 1 aromatic heterocycles. The molecule has 100 valence electrons. The van der Waals surface area contributed by atoms with Gasteiger partial charge in [-0.25, -0.2) is 4.79 Å². The van der Waals surface area contributed by atoms with Crippen molar-refractivity contribution < 1.29 is 9.53 Å². The second-order valence-corrected chi connectivity index (χ2v) is 4.10. The zero-order chi connectivity index (χ0) is 13.5. The van der Waals surface area contributed by atoms with E-state index >= 15 is 0 Å². The van der Waals surface area contributed by atoms with Crippen molar-refractivity contribution in [3.05, 3.63) is 18.5 Å². The normalized spacial score (nSPS) is 11.9. The highest BCUT2D eigenvalue weighted by Crippen LogP contribution is 2.24. The van der Waals surface area contributed by atoms with Gasteiger partial charge in [-0.05, 0) is 19.4 Å². The van der Waals surface area contributed by atoms with Crippen molar-refractivity contribution in [1.82, 2.24) is 4.98 Å². The number of hydrogen-bond donors (Lipinski definition) is 1. The van der Waals surface area contributed by atoms with E-state index in [1.165, 1.54) is 0 Å². The highest BCUT2D eigenvalue weighted by molar-refractivity contribution is 5.82. The molecular formula is C13H21N3O2. The van der Waals surface area contributed by atoms with E-state index in [-0.39, 0.29) is 12.0 Å². The highest BCUT2D eigenvalue weighted by Gasteiger charge is 2.24. The Kier molecular flexibility index (Phi) is 5.42. The number of carbonyl (C=O) groups excluding carboxylic acids is 1. The molecule has 18 heavy (non-hydrogen) atoms. The smallest absolute Gasteiger partial charge is 0.328 e. The Labute approximate surface area is 108 Å². The summed E-state index contributed by atoms with van der Waals surface area (Å²) < 4.78 is 5.10. The number of esters is 1. The molecule has 0 aliphatic heterocycles. The van der Waals surface area contributed by atoms with Crippen molar-refractivity contribution in [3.63, 3.8) is 0 Å². The topological polar surface area (TPSA) is 68.5 Å². The van der Waals surface area contributed by atoms with E-state index in [2.05, 4.69) is 4.98 Å². The van der Waals surface area contributed by atoms with Crippen LogP contribution < -0.4 is 10.6 Å². The molecule has 1 atom stereocenters. The first-order valence-electron chi connectivity index (χ1n) is 6.20. The number of carbonyl (C=O) groups is 1. The molecule has 5 heteroatoms. The molecule has 0 aromatic carbocycles. The molecule has 1 unspecified atom stereocenters. The number of anilines is 2. The van der Waals surface area contributed by atoms with Crippen molar-refractivity contribution in [2.24, 2.45) is 0 Å². The monoisotopic (exact) mass is 251 g/mol. The first-order valence-corrected chi connectivity index (χ1v) is 6.20. The van der Waals surface area contributed by atoms with Gasteiger partial charge in [-0.3, -0.25) is 4.98 Å². The Hall–Kier alpha value is -1.78. The van der Waals surface area contributed by atoms with Gasteiger partial charge in [-0.15, -0.1) is 0 Å². The van der Waals surface area contributed by atoms with E-state index in [4.69, 9.17) is 10.5 Å². The van der Waals surface area contributed by atoms with Crippen LogP contribution in [0.2, 0.25) is 0 Å². The van der Waals surface area contributed by atoms with Gasteiger partial charge in [0.15, 0.2) is 0 Å². The van der Waals surface area contributed by atoms with Crippen molar-refractivity contribution in [2.45, 2.75) is 32.7 Å². The minimum absolute atomic E-state index is 0.210. The summed E-state index contributed by atoms with van der Waals surface area (Å²) in [5.41, 5.74) is 7.24. The largest absolute Gasteiger partial charge is 0.464 e. The Morgan fingerprint density at radius 1 is 1.56 bits per heavy atom. The molecule has 0 saturated carbocycles. The molecule has 0 spiro atoms. The third kappa shape index (κ3) is 3.35. The molecule has 0 radical (unpaired) electrons. The summed E-state index contributed by atoms with van der Waals surface area (Å²) in [4.78, 5) is 17.7. The molecule has 5 nitrogen and oxygen atoms in total. The van der Waals surface area contributed by atoms with Gasteiger partial charge in [0.1, 0.15) is 6.04 Å². The number of nitrogens with two attached hydrogens (primary N) is 1. The lowest BCUT2D eigenvalue weighted by molar-refractivity contribution is -0.144. The average molecular weight is 251 g/mol. The first-order chi connectivity index (χ1) is 8.61. The number of rotatable bonds is 6. The standard InChI is InChI=1S/C13H21N3O2/c1-4-6-12(13(17)18-5-2)16(3)11-7-8-15-9-10(11)14/h7-9,12H,4-6,14H2,1-3H3. The molecule has 1 rings (SSSR count). The van der Waals surface area contributed by atoms with E-state index in [1.54, 1.807) is 18.5 Å². The molecule has 0 aliphatic carbocycles. The van der Waals surface area contributed by atoms with Gasteiger partial charge in [-0.2, -0.15) is 0 Å². The third-order valence-electron chi connectivity index (χ3n) is 2.80. The Balaban J connectivity index is 2.92. The predicted molar refractivity (Wildman–Crippen MR) is 72.4 cm³/mol. The molecule has 0 saturated heterocycles. The van der Waals surface area contributed by atoms with Crippen LogP contribution in [0, 0.1) is 0 Å². The van der Waals surface area contributed by atoms with E-state index < -0.39 is 0 Å². The maximum absolute atomic E-state index is 11.9. The van der Waals surface area contributed by atoms with Gasteiger partial charge in [0.2, 0.25) is 0 Å². The Morgan fingerprint density at radius 3 is 2.83 bits per heavy atom. The second kappa shape index (κ2) is 6.83. The summed E-state index contributed by atoms with van der Waals surface area (Å²) in [6, 6.07) is 1.50. The van der Waals surface area contributed by atoms with Crippen LogP contribution in [0.1, 0.15) is 26.7 Å². The zero-order valence-corrected chi connectivity index (χ0v) is 11.2. The van der Waals surface area contributed by atoms with Crippen molar-refractivity contribution in [1.29, 1.82) is 0 Å². The maximum Gasteiger partial charge on any atom is 0.328 e. The zero-order valence-electron chi connectivity index (χ0n) is 11.2. The van der Waals surface area contributed by atoms with E-state index in [9.17, 15) is 4.79 Å². The highest BCUT2D eigenvalue weighted by atomic mass is 16.5. The molecule has 0 fully saturated rings. The fourth-order valence-electron chi connectivity index (χ4n) is 1.87. The van der Waals surface area contributed by atoms with Gasteiger partial charge in [0.25, 0.3) is 0 Å². The summed E-state index contributed by atoms with van der Waals surface area (Å²) in [5.74, 6) is -0.210. The van der Waals surface area contributed by atoms with Crippen LogP contribution in [0.3, 0.4) is 0 Å². The number of pyridine rings is 1. The predicted octanol–water partition coefficient (Wildman–Crippen LogP) is 1.83. The van der Waals surface area contributed by atoms with Gasteiger partial charge in [-0.1, -0.05) is 13.3 Å². The van der Waals surface area contributed by atoms with Crippen LogP contribution in [0.25, 0.3) is 0 Å². The lowest BCUT2D eigenvalue weighted by atomic mass is 10.1. The average Bonchev–Trinajstić information content (AvgIpc) is 2.36. The summed E-state index contributed by atoms with van der Waals surface area (Å²) in [7, 11) is 1.85. The number of ether oxygens (including phenoxy) is 1. The molecule has 1 heterocycles. The molecule has 2 N–H and O–H groups in total. The fraction of sp³-hybridized carbons (Fsp3) is 0.538. The second-order valence-electron chi connectivity index (χ2n) is 4.10. The van der Waals surface area contributed by atoms with Gasteiger partial charge >= 0.3 is 5.97 Å². The van der Waals surface area contributed by atoms with Crippen molar-refractivity contribution in [2.75, 3.05) is 24.3 Å². The van der Waals surface area contributed by atoms with E-state index in [0.29, 0.717) is 12.3 Å². The van der Waals surface area contributed by atoms with Crippen LogP contribution in [0.4, 0.5) is 11.4 Å². The summed E-state index contributed by atoms with van der Waals surface area (Å²) in [6.45, 7) is 4.23. The lowest BCUT2D eigenvalue weighted by Crippen LogP contribution is -2.40. The summed E-state index contributed by atoms with van der Waals surface area (Å²) in [6.07, 6.45) is 4.88. The van der Waals surface area contributed by atoms with Crippen LogP contribution in [-0.2, 0) is 9.53 Å². The quantitative estimate of drug-likeness (QED) is 0.781. The first kappa shape index (κ1) is 14.3. The lowest BCUT2D eigenvalue weighted by Gasteiger charge is -2.28. The molecular weight excluding hydrogens is 230 g/mol. The Morgan fingerprint density at radius 2 is 2.28 bits per heavy atom. The van der Waals surface area contributed by atoms with Crippen molar-refractivity contribution >= 4 is 17.3 Å². The third-order valence-corrected chi connectivity index (χ3v) is 2.80. The molecule has 0 bridgehead atoms. The van der Waals surface area contributed by atoms with Crippen LogP contribution in [-0.4, -0.2) is 30.6 Å². The summed E-state index contributed by atoms with van der Waals surface area (Å²) >= 11 is 0. The van der Waals surface area contributed by atoms with Crippen LogP contribution >= 0.6 is 0 Å². The van der Waals surface area contributed by atoms with Gasteiger partial charge in [0, 0.05) is 13.2 Å². The number of nitrogens with zero attached hydrogens (tertiary/aromatic N) is 2. The molecule has 1 aromatic rings. The van der Waals surface area contributed by atoms with Gasteiger partial charge in [0.05, 0.1) is 24.2 Å². The summed E-state index contributed by atoms with van der Waals surface area (Å²) in [5, 5.41) is 0. The maximum atomic E-state index is 11.9. The van der Waals surface area contributed by atoms with E-state index in [1.807, 2.05) is 25.8 Å². The minimum Gasteiger partial charge on any atom is -0.464 e. The number of aromatic nitrogens is 1. The SMILES string of the molecule is CCCC(C(=O)OCC)N(C)c1ccncc1N. The molecule has 0 aliphatic rings. The number of likely N-dealkylation sites (N-methyl/N-ethyl adjacent to an activating group) is 1. The number of hydrogen-bond acceptors (Lipinski definition) is 5. The Bertz CT molecular complexity index is 396.